The van der Waals surface area contributed by atoms with E-state index in [1.54, 1.807) is 0 Å². The summed E-state index contributed by atoms with van der Waals surface area (Å²) in [4.78, 5) is 11.0. The molecule has 1 aliphatic rings. The molecular formula is C13H17NO3. The van der Waals surface area contributed by atoms with Gasteiger partial charge in [0.05, 0.1) is 0 Å². The molecule has 0 amide bonds. The summed E-state index contributed by atoms with van der Waals surface area (Å²) in [6.07, 6.45) is 1.43. The molecule has 2 unspecified atom stereocenters. The molecule has 4 heteroatoms. The topological polar surface area (TPSA) is 72.5 Å². The Kier molecular flexibility index (Phi) is 3.07. The van der Waals surface area contributed by atoms with Gasteiger partial charge in [0.1, 0.15) is 17.4 Å². The summed E-state index contributed by atoms with van der Waals surface area (Å²) >= 11 is 0. The van der Waals surface area contributed by atoms with Crippen molar-refractivity contribution in [1.29, 1.82) is 0 Å². The second kappa shape index (κ2) is 4.37. The maximum Gasteiger partial charge on any atom is 0.323 e. The molecule has 92 valence electrons. The van der Waals surface area contributed by atoms with Crippen LogP contribution in [0, 0.1) is 6.92 Å². The van der Waals surface area contributed by atoms with Gasteiger partial charge in [-0.2, -0.15) is 0 Å². The maximum atomic E-state index is 11.0. The number of carboxylic acids is 1. The number of rotatable bonds is 3. The minimum atomic E-state index is -1.12. The van der Waals surface area contributed by atoms with E-state index in [2.05, 4.69) is 0 Å². The smallest absolute Gasteiger partial charge is 0.323 e. The molecule has 0 bridgehead atoms. The van der Waals surface area contributed by atoms with Crippen LogP contribution in [0.3, 0.4) is 0 Å². The largest absolute Gasteiger partial charge is 0.490 e. The number of benzene rings is 1. The third-order valence-corrected chi connectivity index (χ3v) is 3.32. The Morgan fingerprint density at radius 2 is 2.24 bits per heavy atom. The van der Waals surface area contributed by atoms with Gasteiger partial charge in [0.15, 0.2) is 0 Å². The molecule has 17 heavy (non-hydrogen) atoms. The first-order valence-electron chi connectivity index (χ1n) is 5.76. The SMILES string of the molecule is Cc1ccccc1OC1CCC(N)(C(=O)O)C1. The number of para-hydroxylation sites is 1. The summed E-state index contributed by atoms with van der Waals surface area (Å²) in [6.45, 7) is 1.97. The van der Waals surface area contributed by atoms with Gasteiger partial charge in [-0.3, -0.25) is 4.79 Å². The van der Waals surface area contributed by atoms with Crippen LogP contribution in [-0.2, 0) is 4.79 Å². The van der Waals surface area contributed by atoms with Crippen molar-refractivity contribution in [3.8, 4) is 5.75 Å². The van der Waals surface area contributed by atoms with Crippen molar-refractivity contribution in [2.24, 2.45) is 5.73 Å². The molecule has 4 nitrogen and oxygen atoms in total. The molecule has 2 atom stereocenters. The van der Waals surface area contributed by atoms with Crippen LogP contribution in [0.4, 0.5) is 0 Å². The molecule has 1 aromatic rings. The van der Waals surface area contributed by atoms with Crippen LogP contribution in [0.5, 0.6) is 5.75 Å². The van der Waals surface area contributed by atoms with Gasteiger partial charge in [-0.05, 0) is 31.4 Å². The fraction of sp³-hybridized carbons (Fsp3) is 0.462. The molecule has 1 aromatic carbocycles. The highest BCUT2D eigenvalue weighted by Crippen LogP contribution is 2.32. The molecule has 1 fully saturated rings. The Bertz CT molecular complexity index is 432. The first-order valence-corrected chi connectivity index (χ1v) is 5.76. The van der Waals surface area contributed by atoms with E-state index in [4.69, 9.17) is 15.6 Å². The lowest BCUT2D eigenvalue weighted by atomic mass is 10.00. The molecule has 0 aromatic heterocycles. The number of nitrogens with two attached hydrogens (primary N) is 1. The fourth-order valence-corrected chi connectivity index (χ4v) is 2.19. The number of carboxylic acid groups (broad SMARTS) is 1. The second-order valence-corrected chi connectivity index (χ2v) is 4.71. The van der Waals surface area contributed by atoms with Gasteiger partial charge in [0, 0.05) is 6.42 Å². The first-order chi connectivity index (χ1) is 8.01. The number of hydrogen-bond acceptors (Lipinski definition) is 3. The van der Waals surface area contributed by atoms with Gasteiger partial charge in [-0.1, -0.05) is 18.2 Å². The lowest BCUT2D eigenvalue weighted by molar-refractivity contribution is -0.143. The normalized spacial score (nSPS) is 28.0. The zero-order valence-electron chi connectivity index (χ0n) is 9.85. The van der Waals surface area contributed by atoms with Crippen LogP contribution in [0.15, 0.2) is 24.3 Å². The standard InChI is InChI=1S/C13H17NO3/c1-9-4-2-3-5-11(9)17-10-6-7-13(14,8-10)12(15)16/h2-5,10H,6-8,14H2,1H3,(H,15,16). The van der Waals surface area contributed by atoms with E-state index in [9.17, 15) is 4.79 Å². The second-order valence-electron chi connectivity index (χ2n) is 4.71. The number of carbonyl (C=O) groups is 1. The average Bonchev–Trinajstić information content (AvgIpc) is 2.65. The molecule has 1 saturated carbocycles. The first kappa shape index (κ1) is 11.9. The quantitative estimate of drug-likeness (QED) is 0.836. The third kappa shape index (κ3) is 2.42. The van der Waals surface area contributed by atoms with Crippen molar-refractivity contribution in [1.82, 2.24) is 0 Å². The van der Waals surface area contributed by atoms with Crippen molar-refractivity contribution in [3.63, 3.8) is 0 Å². The van der Waals surface area contributed by atoms with Crippen molar-refractivity contribution in [2.45, 2.75) is 37.8 Å². The van der Waals surface area contributed by atoms with Gasteiger partial charge in [0.2, 0.25) is 0 Å². The fourth-order valence-electron chi connectivity index (χ4n) is 2.19. The van der Waals surface area contributed by atoms with Gasteiger partial charge in [-0.25, -0.2) is 0 Å². The van der Waals surface area contributed by atoms with E-state index >= 15 is 0 Å². The highest BCUT2D eigenvalue weighted by molar-refractivity contribution is 5.79. The Balaban J connectivity index is 2.04. The van der Waals surface area contributed by atoms with Crippen LogP contribution >= 0.6 is 0 Å². The molecule has 2 rings (SSSR count). The van der Waals surface area contributed by atoms with Crippen LogP contribution in [0.1, 0.15) is 24.8 Å². The predicted molar refractivity (Wildman–Crippen MR) is 64.0 cm³/mol. The number of hydrogen-bond donors (Lipinski definition) is 2. The van der Waals surface area contributed by atoms with Crippen LogP contribution in [0.2, 0.25) is 0 Å². The summed E-state index contributed by atoms with van der Waals surface area (Å²) in [5, 5.41) is 9.03. The Morgan fingerprint density at radius 1 is 1.53 bits per heavy atom. The highest BCUT2D eigenvalue weighted by Gasteiger charge is 2.43. The molecule has 0 spiro atoms. The predicted octanol–water partition coefficient (Wildman–Crippen LogP) is 1.71. The Hall–Kier alpha value is -1.55. The number of aryl methyl sites for hydroxylation is 1. The lowest BCUT2D eigenvalue weighted by Crippen LogP contribution is -2.46. The average molecular weight is 235 g/mol. The maximum absolute atomic E-state index is 11.0. The van der Waals surface area contributed by atoms with E-state index in [-0.39, 0.29) is 6.10 Å². The zero-order chi connectivity index (χ0) is 12.5. The van der Waals surface area contributed by atoms with E-state index in [1.165, 1.54) is 0 Å². The van der Waals surface area contributed by atoms with Crippen LogP contribution < -0.4 is 10.5 Å². The highest BCUT2D eigenvalue weighted by atomic mass is 16.5. The summed E-state index contributed by atoms with van der Waals surface area (Å²) in [6, 6.07) is 7.72. The molecular weight excluding hydrogens is 218 g/mol. The van der Waals surface area contributed by atoms with Gasteiger partial charge in [0.25, 0.3) is 0 Å². The van der Waals surface area contributed by atoms with Gasteiger partial charge in [-0.15, -0.1) is 0 Å². The number of ether oxygens (including phenoxy) is 1. The third-order valence-electron chi connectivity index (χ3n) is 3.32. The molecule has 0 radical (unpaired) electrons. The van der Waals surface area contributed by atoms with Crippen LogP contribution in [0.25, 0.3) is 0 Å². The van der Waals surface area contributed by atoms with Gasteiger partial charge < -0.3 is 15.6 Å². The van der Waals surface area contributed by atoms with Gasteiger partial charge >= 0.3 is 5.97 Å². The summed E-state index contributed by atoms with van der Waals surface area (Å²) < 4.78 is 5.81. The summed E-state index contributed by atoms with van der Waals surface area (Å²) in [5.74, 6) is -0.125. The van der Waals surface area contributed by atoms with E-state index < -0.39 is 11.5 Å². The Morgan fingerprint density at radius 3 is 2.82 bits per heavy atom. The van der Waals surface area contributed by atoms with Crippen molar-refractivity contribution in [2.75, 3.05) is 0 Å². The van der Waals surface area contributed by atoms with E-state index in [0.717, 1.165) is 11.3 Å². The van der Waals surface area contributed by atoms with E-state index in [1.807, 2.05) is 31.2 Å². The monoisotopic (exact) mass is 235 g/mol. The summed E-state index contributed by atoms with van der Waals surface area (Å²) in [7, 11) is 0. The minimum Gasteiger partial charge on any atom is -0.490 e. The van der Waals surface area contributed by atoms with Crippen LogP contribution in [-0.4, -0.2) is 22.7 Å². The number of aliphatic carboxylic acids is 1. The molecule has 0 saturated heterocycles. The van der Waals surface area contributed by atoms with Crippen molar-refractivity contribution >= 4 is 5.97 Å². The molecule has 0 aliphatic heterocycles. The van der Waals surface area contributed by atoms with Crippen molar-refractivity contribution in [3.05, 3.63) is 29.8 Å². The zero-order valence-corrected chi connectivity index (χ0v) is 9.85. The summed E-state index contributed by atoms with van der Waals surface area (Å²) in [5.41, 5.74) is 5.74. The molecule has 1 aliphatic carbocycles. The minimum absolute atomic E-state index is 0.0998. The molecule has 0 heterocycles. The Labute approximate surface area is 100 Å². The lowest BCUT2D eigenvalue weighted by Gasteiger charge is -2.19. The molecule has 3 N–H and O–H groups in total. The van der Waals surface area contributed by atoms with Crippen molar-refractivity contribution < 1.29 is 14.6 Å². The van der Waals surface area contributed by atoms with E-state index in [0.29, 0.717) is 19.3 Å².